The molecule has 3 rings (SSSR count). The molecule has 0 bridgehead atoms. The van der Waals surface area contributed by atoms with Gasteiger partial charge >= 0.3 is 0 Å². The van der Waals surface area contributed by atoms with E-state index < -0.39 is 0 Å². The fraction of sp³-hybridized carbons (Fsp3) is 0.444. The van der Waals surface area contributed by atoms with Gasteiger partial charge in [-0.15, -0.1) is 31.4 Å². The minimum atomic E-state index is 0. The number of para-hydroxylation sites is 1. The zero-order chi connectivity index (χ0) is 14.8. The van der Waals surface area contributed by atoms with E-state index in [2.05, 4.69) is 59.9 Å². The lowest BCUT2D eigenvalue weighted by Crippen LogP contribution is -2.45. The average molecular weight is 356 g/mol. The number of fused-ring (bicyclic) bond motifs is 1. The Morgan fingerprint density at radius 2 is 1.87 bits per heavy atom. The first-order valence-corrected chi connectivity index (χ1v) is 7.83. The molecular weight excluding hydrogens is 329 g/mol. The van der Waals surface area contributed by atoms with Crippen LogP contribution in [0.15, 0.2) is 36.4 Å². The quantitative estimate of drug-likeness (QED) is 0.803. The molecule has 1 saturated heterocycles. The first kappa shape index (κ1) is 20.0. The minimum Gasteiger partial charge on any atom is -0.358 e. The summed E-state index contributed by atoms with van der Waals surface area (Å²) in [7, 11) is 0. The number of nitrogens with one attached hydrogen (secondary N) is 2. The molecule has 1 aromatic heterocycles. The minimum absolute atomic E-state index is 0. The van der Waals surface area contributed by atoms with Crippen LogP contribution in [0.2, 0.25) is 0 Å². The standard InChI is InChI=1S/C18H25N3.2ClH/c1-13(2)12-17(21-10-8-19-9-11-21)18-14(3)20-16-7-5-4-6-15(16)18;;/h4-7,17,19-20H,1,8-12H2,2-3H3;2*1H/t17-;;/m0../s1. The third-order valence-electron chi connectivity index (χ3n) is 4.41. The van der Waals surface area contributed by atoms with E-state index in [0.29, 0.717) is 6.04 Å². The largest absolute Gasteiger partial charge is 0.358 e. The second kappa shape index (κ2) is 8.74. The fourth-order valence-electron chi connectivity index (χ4n) is 3.47. The Morgan fingerprint density at radius 1 is 1.22 bits per heavy atom. The summed E-state index contributed by atoms with van der Waals surface area (Å²) in [5.74, 6) is 0. The zero-order valence-corrected chi connectivity index (χ0v) is 15.5. The molecule has 0 radical (unpaired) electrons. The van der Waals surface area contributed by atoms with E-state index in [1.807, 2.05) is 0 Å². The summed E-state index contributed by atoms with van der Waals surface area (Å²) in [6.07, 6.45) is 1.03. The van der Waals surface area contributed by atoms with Crippen LogP contribution in [0.5, 0.6) is 0 Å². The van der Waals surface area contributed by atoms with Crippen LogP contribution >= 0.6 is 24.8 Å². The molecule has 0 spiro atoms. The molecule has 23 heavy (non-hydrogen) atoms. The third-order valence-corrected chi connectivity index (χ3v) is 4.41. The number of H-pyrrole nitrogens is 1. The summed E-state index contributed by atoms with van der Waals surface area (Å²) in [6, 6.07) is 9.07. The molecular formula is C18H27Cl2N3. The van der Waals surface area contributed by atoms with E-state index in [1.165, 1.54) is 27.7 Å². The SMILES string of the molecule is C=C(C)C[C@@H](c1c(C)[nH]c2ccccc12)N1CCNCC1.Cl.Cl. The number of nitrogens with zero attached hydrogens (tertiary/aromatic N) is 1. The molecule has 1 fully saturated rings. The number of aryl methyl sites for hydroxylation is 1. The monoisotopic (exact) mass is 355 g/mol. The molecule has 1 aliphatic rings. The van der Waals surface area contributed by atoms with Gasteiger partial charge in [-0.2, -0.15) is 0 Å². The highest BCUT2D eigenvalue weighted by molar-refractivity contribution is 5.86. The predicted octanol–water partition coefficient (Wildman–Crippen LogP) is 4.23. The van der Waals surface area contributed by atoms with Crippen molar-refractivity contribution in [2.75, 3.05) is 26.2 Å². The van der Waals surface area contributed by atoms with Crippen molar-refractivity contribution in [3.8, 4) is 0 Å². The molecule has 2 aromatic rings. The Morgan fingerprint density at radius 3 is 2.52 bits per heavy atom. The van der Waals surface area contributed by atoms with Crippen LogP contribution in [-0.4, -0.2) is 36.1 Å². The number of aromatic nitrogens is 1. The Bertz CT molecular complexity index is 645. The first-order valence-electron chi connectivity index (χ1n) is 7.83. The van der Waals surface area contributed by atoms with Gasteiger partial charge in [0.1, 0.15) is 0 Å². The Kier molecular flexibility index (Phi) is 7.62. The van der Waals surface area contributed by atoms with Crippen molar-refractivity contribution in [1.82, 2.24) is 15.2 Å². The summed E-state index contributed by atoms with van der Waals surface area (Å²) < 4.78 is 0. The molecule has 0 amide bonds. The lowest BCUT2D eigenvalue weighted by molar-refractivity contribution is 0.173. The highest BCUT2D eigenvalue weighted by Crippen LogP contribution is 2.35. The molecule has 2 N–H and O–H groups in total. The number of aromatic amines is 1. The van der Waals surface area contributed by atoms with Gasteiger partial charge in [0.05, 0.1) is 0 Å². The Balaban J connectivity index is 0.00000132. The predicted molar refractivity (Wildman–Crippen MR) is 104 cm³/mol. The summed E-state index contributed by atoms with van der Waals surface area (Å²) in [5.41, 5.74) is 5.24. The zero-order valence-electron chi connectivity index (χ0n) is 13.9. The highest BCUT2D eigenvalue weighted by atomic mass is 35.5. The molecule has 1 aromatic carbocycles. The van der Waals surface area contributed by atoms with Gasteiger partial charge < -0.3 is 10.3 Å². The van der Waals surface area contributed by atoms with Crippen LogP contribution < -0.4 is 5.32 Å². The molecule has 0 saturated carbocycles. The van der Waals surface area contributed by atoms with E-state index in [4.69, 9.17) is 0 Å². The van der Waals surface area contributed by atoms with Crippen LogP contribution in [0, 0.1) is 6.92 Å². The van der Waals surface area contributed by atoms with E-state index in [1.54, 1.807) is 0 Å². The second-order valence-corrected chi connectivity index (χ2v) is 6.17. The number of benzene rings is 1. The number of piperazine rings is 1. The molecule has 3 nitrogen and oxygen atoms in total. The summed E-state index contributed by atoms with van der Waals surface area (Å²) >= 11 is 0. The summed E-state index contributed by atoms with van der Waals surface area (Å²) in [6.45, 7) is 12.9. The first-order chi connectivity index (χ1) is 10.2. The van der Waals surface area contributed by atoms with Crippen molar-refractivity contribution in [3.05, 3.63) is 47.7 Å². The molecule has 5 heteroatoms. The number of hydrogen-bond acceptors (Lipinski definition) is 2. The Labute approximate surface area is 151 Å². The van der Waals surface area contributed by atoms with Crippen LogP contribution in [-0.2, 0) is 0 Å². The van der Waals surface area contributed by atoms with E-state index in [-0.39, 0.29) is 24.8 Å². The van der Waals surface area contributed by atoms with Gasteiger partial charge in [-0.3, -0.25) is 4.90 Å². The van der Waals surface area contributed by atoms with Crippen molar-refractivity contribution in [2.45, 2.75) is 26.3 Å². The molecule has 0 aliphatic carbocycles. The fourth-order valence-corrected chi connectivity index (χ4v) is 3.47. The maximum absolute atomic E-state index is 4.16. The molecule has 1 atom stereocenters. The van der Waals surface area contributed by atoms with Crippen LogP contribution in [0.1, 0.15) is 30.6 Å². The van der Waals surface area contributed by atoms with Crippen molar-refractivity contribution in [3.63, 3.8) is 0 Å². The van der Waals surface area contributed by atoms with Crippen molar-refractivity contribution >= 4 is 35.7 Å². The van der Waals surface area contributed by atoms with Crippen molar-refractivity contribution in [1.29, 1.82) is 0 Å². The highest BCUT2D eigenvalue weighted by Gasteiger charge is 2.26. The maximum atomic E-state index is 4.16. The number of rotatable bonds is 4. The lowest BCUT2D eigenvalue weighted by atomic mass is 9.95. The number of halogens is 2. The van der Waals surface area contributed by atoms with Gasteiger partial charge in [-0.1, -0.05) is 23.8 Å². The van der Waals surface area contributed by atoms with Gasteiger partial charge in [-0.05, 0) is 31.9 Å². The summed E-state index contributed by atoms with van der Waals surface area (Å²) in [5, 5.41) is 4.81. The Hall–Kier alpha value is -1.000. The van der Waals surface area contributed by atoms with E-state index in [0.717, 1.165) is 32.6 Å². The smallest absolute Gasteiger partial charge is 0.0459 e. The van der Waals surface area contributed by atoms with Crippen LogP contribution in [0.4, 0.5) is 0 Å². The normalized spacial score (nSPS) is 16.4. The molecule has 128 valence electrons. The molecule has 0 unspecified atom stereocenters. The van der Waals surface area contributed by atoms with Crippen LogP contribution in [0.25, 0.3) is 10.9 Å². The van der Waals surface area contributed by atoms with Crippen molar-refractivity contribution in [2.24, 2.45) is 0 Å². The van der Waals surface area contributed by atoms with E-state index in [9.17, 15) is 0 Å². The van der Waals surface area contributed by atoms with Crippen LogP contribution in [0.3, 0.4) is 0 Å². The third kappa shape index (κ3) is 4.30. The van der Waals surface area contributed by atoms with Gasteiger partial charge in [-0.25, -0.2) is 0 Å². The van der Waals surface area contributed by atoms with Gasteiger partial charge in [0.25, 0.3) is 0 Å². The second-order valence-electron chi connectivity index (χ2n) is 6.17. The van der Waals surface area contributed by atoms with Gasteiger partial charge in [0.2, 0.25) is 0 Å². The topological polar surface area (TPSA) is 31.1 Å². The maximum Gasteiger partial charge on any atom is 0.0459 e. The van der Waals surface area contributed by atoms with Crippen molar-refractivity contribution < 1.29 is 0 Å². The van der Waals surface area contributed by atoms with Gasteiger partial charge in [0.15, 0.2) is 0 Å². The number of hydrogen-bond donors (Lipinski definition) is 2. The average Bonchev–Trinajstić information content (AvgIpc) is 2.81. The molecule has 2 heterocycles. The van der Waals surface area contributed by atoms with E-state index >= 15 is 0 Å². The summed E-state index contributed by atoms with van der Waals surface area (Å²) in [4.78, 5) is 6.15. The lowest BCUT2D eigenvalue weighted by Gasteiger charge is -2.35. The molecule has 1 aliphatic heterocycles. The van der Waals surface area contributed by atoms with Gasteiger partial charge in [0, 0.05) is 48.8 Å².